The molecule has 0 bridgehead atoms. The number of nitrogens with zero attached hydrogens (tertiary/aromatic N) is 1. The van der Waals surface area contributed by atoms with Crippen LogP contribution in [0.2, 0.25) is 0 Å². The number of amides is 1. The topological polar surface area (TPSA) is 60.0 Å². The molecule has 2 saturated heterocycles. The molecular weight excluding hydrogens is 272 g/mol. The highest BCUT2D eigenvalue weighted by Gasteiger charge is 2.46. The maximum atomic E-state index is 12.2. The molecule has 0 saturated carbocycles. The minimum Gasteiger partial charge on any atom is -0.444 e. The summed E-state index contributed by atoms with van der Waals surface area (Å²) in [4.78, 5) is 13.7. The average molecular weight is 300 g/mol. The van der Waals surface area contributed by atoms with Crippen LogP contribution >= 0.6 is 0 Å². The first-order valence-corrected chi connectivity index (χ1v) is 7.75. The Morgan fingerprint density at radius 3 is 2.38 bits per heavy atom. The van der Waals surface area contributed by atoms with Crippen molar-refractivity contribution in [2.45, 2.75) is 45.0 Å². The predicted octanol–water partition coefficient (Wildman–Crippen LogP) is 1.60. The molecule has 0 aromatic rings. The fourth-order valence-corrected chi connectivity index (χ4v) is 2.92. The third-order valence-electron chi connectivity index (χ3n) is 3.90. The van der Waals surface area contributed by atoms with E-state index in [1.807, 2.05) is 20.8 Å². The van der Waals surface area contributed by atoms with E-state index in [0.29, 0.717) is 25.7 Å². The highest BCUT2D eigenvalue weighted by Crippen LogP contribution is 2.35. The lowest BCUT2D eigenvalue weighted by atomic mass is 9.88. The SMILES string of the molecule is CN(CC1(C2CCNCC2)OCCO1)C(=O)OC(C)(C)C. The molecule has 2 heterocycles. The number of ether oxygens (including phenoxy) is 3. The molecular formula is C15H28N2O4. The van der Waals surface area contributed by atoms with Gasteiger partial charge in [0.05, 0.1) is 19.8 Å². The quantitative estimate of drug-likeness (QED) is 0.858. The number of hydrogen-bond donors (Lipinski definition) is 1. The van der Waals surface area contributed by atoms with Crippen LogP contribution in [0.5, 0.6) is 0 Å². The number of nitrogens with one attached hydrogen (secondary N) is 1. The summed E-state index contributed by atoms with van der Waals surface area (Å²) in [6.07, 6.45) is 1.67. The van der Waals surface area contributed by atoms with Crippen LogP contribution in [0, 0.1) is 5.92 Å². The van der Waals surface area contributed by atoms with Crippen molar-refractivity contribution in [3.63, 3.8) is 0 Å². The number of likely N-dealkylation sites (N-methyl/N-ethyl adjacent to an activating group) is 1. The van der Waals surface area contributed by atoms with Gasteiger partial charge < -0.3 is 24.4 Å². The van der Waals surface area contributed by atoms with Gasteiger partial charge in [-0.05, 0) is 46.7 Å². The number of hydrogen-bond acceptors (Lipinski definition) is 5. The van der Waals surface area contributed by atoms with E-state index in [9.17, 15) is 4.79 Å². The molecule has 0 aromatic carbocycles. The predicted molar refractivity (Wildman–Crippen MR) is 79.1 cm³/mol. The van der Waals surface area contributed by atoms with Gasteiger partial charge in [-0.1, -0.05) is 0 Å². The molecule has 21 heavy (non-hydrogen) atoms. The molecule has 0 spiro atoms. The molecule has 0 atom stereocenters. The molecule has 0 radical (unpaired) electrons. The summed E-state index contributed by atoms with van der Waals surface area (Å²) >= 11 is 0. The molecule has 6 heteroatoms. The van der Waals surface area contributed by atoms with E-state index in [2.05, 4.69) is 5.32 Å². The fourth-order valence-electron chi connectivity index (χ4n) is 2.92. The monoisotopic (exact) mass is 300 g/mol. The van der Waals surface area contributed by atoms with Crippen molar-refractivity contribution in [3.8, 4) is 0 Å². The smallest absolute Gasteiger partial charge is 0.410 e. The average Bonchev–Trinajstić information content (AvgIpc) is 2.87. The van der Waals surface area contributed by atoms with Crippen LogP contribution in [-0.4, -0.2) is 62.3 Å². The van der Waals surface area contributed by atoms with Crippen LogP contribution in [0.25, 0.3) is 0 Å². The van der Waals surface area contributed by atoms with Crippen molar-refractivity contribution in [1.29, 1.82) is 0 Å². The maximum absolute atomic E-state index is 12.2. The molecule has 122 valence electrons. The number of piperidine rings is 1. The van der Waals surface area contributed by atoms with Crippen LogP contribution in [0.15, 0.2) is 0 Å². The third-order valence-corrected chi connectivity index (χ3v) is 3.90. The van der Waals surface area contributed by atoms with Gasteiger partial charge in [0.25, 0.3) is 0 Å². The van der Waals surface area contributed by atoms with Gasteiger partial charge in [0.2, 0.25) is 0 Å². The zero-order valence-corrected chi connectivity index (χ0v) is 13.6. The minimum absolute atomic E-state index is 0.311. The summed E-state index contributed by atoms with van der Waals surface area (Å²) in [5.74, 6) is -0.362. The molecule has 2 fully saturated rings. The van der Waals surface area contributed by atoms with Crippen LogP contribution in [0.4, 0.5) is 4.79 Å². The number of rotatable bonds is 3. The van der Waals surface area contributed by atoms with Crippen LogP contribution in [0.1, 0.15) is 33.6 Å². The first kappa shape index (κ1) is 16.5. The Hall–Kier alpha value is -0.850. The minimum atomic E-state index is -0.673. The lowest BCUT2D eigenvalue weighted by Crippen LogP contribution is -2.53. The molecule has 2 aliphatic rings. The van der Waals surface area contributed by atoms with Crippen LogP contribution < -0.4 is 5.32 Å². The van der Waals surface area contributed by atoms with E-state index in [1.165, 1.54) is 0 Å². The number of carbonyl (C=O) groups is 1. The zero-order valence-electron chi connectivity index (χ0n) is 13.6. The normalized spacial score (nSPS) is 23.0. The molecule has 0 aromatic heterocycles. The highest BCUT2D eigenvalue weighted by atomic mass is 16.7. The van der Waals surface area contributed by atoms with Crippen molar-refractivity contribution in [2.24, 2.45) is 5.92 Å². The zero-order chi connectivity index (χ0) is 15.5. The van der Waals surface area contributed by atoms with Gasteiger partial charge >= 0.3 is 6.09 Å². The Morgan fingerprint density at radius 1 is 1.29 bits per heavy atom. The molecule has 2 rings (SSSR count). The van der Waals surface area contributed by atoms with E-state index >= 15 is 0 Å². The van der Waals surface area contributed by atoms with Crippen molar-refractivity contribution >= 4 is 6.09 Å². The molecule has 6 nitrogen and oxygen atoms in total. The lowest BCUT2D eigenvalue weighted by molar-refractivity contribution is -0.207. The summed E-state index contributed by atoms with van der Waals surface area (Å²) in [7, 11) is 1.74. The van der Waals surface area contributed by atoms with Gasteiger partial charge in [0.15, 0.2) is 5.79 Å². The van der Waals surface area contributed by atoms with Gasteiger partial charge in [-0.15, -0.1) is 0 Å². The van der Waals surface area contributed by atoms with Crippen LogP contribution in [0.3, 0.4) is 0 Å². The molecule has 2 aliphatic heterocycles. The number of carbonyl (C=O) groups excluding carboxylic acids is 1. The summed E-state index contributed by atoms with van der Waals surface area (Å²) in [5, 5.41) is 3.35. The van der Waals surface area contributed by atoms with Crippen LogP contribution in [-0.2, 0) is 14.2 Å². The second kappa shape index (κ2) is 6.50. The Labute approximate surface area is 127 Å². The third kappa shape index (κ3) is 4.31. The summed E-state index contributed by atoms with van der Waals surface area (Å²) < 4.78 is 17.3. The molecule has 1 amide bonds. The lowest BCUT2D eigenvalue weighted by Gasteiger charge is -2.40. The van der Waals surface area contributed by atoms with Crippen molar-refractivity contribution < 1.29 is 19.0 Å². The molecule has 0 unspecified atom stereocenters. The van der Waals surface area contributed by atoms with E-state index in [-0.39, 0.29) is 6.09 Å². The standard InChI is InChI=1S/C15H28N2O4/c1-14(2,3)21-13(18)17(4)11-15(19-9-10-20-15)12-5-7-16-8-6-12/h12,16H,5-11H2,1-4H3. The summed E-state index contributed by atoms with van der Waals surface area (Å²) in [6, 6.07) is 0. The molecule has 0 aliphatic carbocycles. The highest BCUT2D eigenvalue weighted by molar-refractivity contribution is 5.67. The van der Waals surface area contributed by atoms with Gasteiger partial charge in [-0.25, -0.2) is 4.79 Å². The Balaban J connectivity index is 2.00. The van der Waals surface area contributed by atoms with E-state index in [1.54, 1.807) is 11.9 Å². The fraction of sp³-hybridized carbons (Fsp3) is 0.933. The summed E-state index contributed by atoms with van der Waals surface area (Å²) in [5.41, 5.74) is -0.495. The maximum Gasteiger partial charge on any atom is 0.410 e. The van der Waals surface area contributed by atoms with Crippen molar-refractivity contribution in [2.75, 3.05) is 39.9 Å². The first-order valence-electron chi connectivity index (χ1n) is 7.75. The van der Waals surface area contributed by atoms with Gasteiger partial charge in [0, 0.05) is 13.0 Å². The van der Waals surface area contributed by atoms with Crippen molar-refractivity contribution in [3.05, 3.63) is 0 Å². The van der Waals surface area contributed by atoms with Crippen molar-refractivity contribution in [1.82, 2.24) is 10.2 Å². The Kier molecular flexibility index (Phi) is 5.11. The summed E-state index contributed by atoms with van der Waals surface area (Å²) in [6.45, 7) is 9.12. The van der Waals surface area contributed by atoms with E-state index < -0.39 is 11.4 Å². The van der Waals surface area contributed by atoms with Gasteiger partial charge in [0.1, 0.15) is 5.60 Å². The molecule has 1 N–H and O–H groups in total. The first-order chi connectivity index (χ1) is 9.82. The Morgan fingerprint density at radius 2 is 1.86 bits per heavy atom. The largest absolute Gasteiger partial charge is 0.444 e. The van der Waals surface area contributed by atoms with E-state index in [4.69, 9.17) is 14.2 Å². The van der Waals surface area contributed by atoms with E-state index in [0.717, 1.165) is 25.9 Å². The Bertz CT molecular complexity index is 355. The second-order valence-corrected chi connectivity index (χ2v) is 6.87. The van der Waals surface area contributed by atoms with Gasteiger partial charge in [-0.2, -0.15) is 0 Å². The van der Waals surface area contributed by atoms with Gasteiger partial charge in [-0.3, -0.25) is 0 Å². The second-order valence-electron chi connectivity index (χ2n) is 6.87.